The van der Waals surface area contributed by atoms with Gasteiger partial charge in [0.05, 0.1) is 14.2 Å². The summed E-state index contributed by atoms with van der Waals surface area (Å²) in [6, 6.07) is 8.03. The molecule has 0 unspecified atom stereocenters. The monoisotopic (exact) mass is 414 g/mol. The van der Waals surface area contributed by atoms with E-state index in [0.717, 1.165) is 26.7 Å². The van der Waals surface area contributed by atoms with Crippen molar-refractivity contribution < 1.29 is 19.1 Å². The predicted molar refractivity (Wildman–Crippen MR) is 92.4 cm³/mol. The van der Waals surface area contributed by atoms with Gasteiger partial charge in [0.25, 0.3) is 0 Å². The van der Waals surface area contributed by atoms with Crippen molar-refractivity contribution in [1.29, 1.82) is 0 Å². The van der Waals surface area contributed by atoms with Gasteiger partial charge in [0, 0.05) is 3.58 Å². The first kappa shape index (κ1) is 17.0. The van der Waals surface area contributed by atoms with Gasteiger partial charge in [-0.1, -0.05) is 29.8 Å². The Morgan fingerprint density at radius 2 is 1.64 bits per heavy atom. The third kappa shape index (κ3) is 2.78. The van der Waals surface area contributed by atoms with E-state index in [-0.39, 0.29) is 0 Å². The van der Waals surface area contributed by atoms with Crippen LogP contribution >= 0.6 is 22.6 Å². The molecule has 4 nitrogen and oxygen atoms in total. The molecule has 0 saturated heterocycles. The predicted octanol–water partition coefficient (Wildman–Crippen LogP) is 3.66. The molecule has 22 heavy (non-hydrogen) atoms. The fourth-order valence-corrected chi connectivity index (χ4v) is 4.04. The highest BCUT2D eigenvalue weighted by molar-refractivity contribution is 14.1. The maximum atomic E-state index is 12.4. The molecule has 1 saturated carbocycles. The van der Waals surface area contributed by atoms with E-state index in [9.17, 15) is 9.59 Å². The highest BCUT2D eigenvalue weighted by atomic mass is 127. The van der Waals surface area contributed by atoms with Crippen molar-refractivity contribution in [1.82, 2.24) is 0 Å². The number of esters is 2. The van der Waals surface area contributed by atoms with E-state index in [1.807, 2.05) is 31.2 Å². The molecule has 0 aromatic heterocycles. The molecule has 0 bridgehead atoms. The molecule has 2 rings (SSSR count). The number of carbonyl (C=O) groups excluding carboxylic acids is 2. The second-order valence-corrected chi connectivity index (χ2v) is 6.48. The molecule has 1 fully saturated rings. The maximum absolute atomic E-state index is 12.4. The molecule has 0 radical (unpaired) electrons. The second kappa shape index (κ2) is 6.81. The van der Waals surface area contributed by atoms with Crippen molar-refractivity contribution in [3.8, 4) is 0 Å². The van der Waals surface area contributed by atoms with Gasteiger partial charge in [0.2, 0.25) is 0 Å². The molecule has 0 amide bonds. The van der Waals surface area contributed by atoms with E-state index in [1.54, 1.807) is 0 Å². The quantitative estimate of drug-likeness (QED) is 0.431. The fraction of sp³-hybridized carbons (Fsp3) is 0.412. The normalized spacial score (nSPS) is 18.7. The lowest BCUT2D eigenvalue weighted by Gasteiger charge is -2.26. The number of hydrogen-bond acceptors (Lipinski definition) is 4. The number of benzene rings is 1. The summed E-state index contributed by atoms with van der Waals surface area (Å²) in [6.07, 6.45) is 1.88. The van der Waals surface area contributed by atoms with Gasteiger partial charge in [-0.15, -0.1) is 0 Å². The minimum Gasteiger partial charge on any atom is -0.468 e. The molecular formula is C17H19IO4. The van der Waals surface area contributed by atoms with Crippen LogP contribution in [0.25, 0.3) is 3.58 Å². The number of methoxy groups -OCH3 is 2. The van der Waals surface area contributed by atoms with Crippen molar-refractivity contribution in [3.05, 3.63) is 41.0 Å². The molecule has 1 aliphatic rings. The largest absolute Gasteiger partial charge is 0.468 e. The summed E-state index contributed by atoms with van der Waals surface area (Å²) < 4.78 is 10.8. The minimum absolute atomic E-state index is 0.431. The molecule has 118 valence electrons. The number of hydrogen-bond donors (Lipinski definition) is 0. The number of carbonyl (C=O) groups is 2. The van der Waals surface area contributed by atoms with Crippen molar-refractivity contribution in [2.24, 2.45) is 5.41 Å². The average Bonchev–Trinajstić information content (AvgIpc) is 2.99. The van der Waals surface area contributed by atoms with Gasteiger partial charge in [-0.3, -0.25) is 9.59 Å². The fourth-order valence-electron chi connectivity index (χ4n) is 2.95. The lowest BCUT2D eigenvalue weighted by molar-refractivity contribution is -0.165. The first-order valence-corrected chi connectivity index (χ1v) is 8.18. The third-order valence-corrected chi connectivity index (χ3v) is 5.41. The summed E-state index contributed by atoms with van der Waals surface area (Å²) in [4.78, 5) is 24.8. The SMILES string of the molecule is COC(=O)C1(C(=O)OC)CCC/C1=C(\I)c1ccc(C)cc1. The van der Waals surface area contributed by atoms with E-state index in [1.165, 1.54) is 14.2 Å². The topological polar surface area (TPSA) is 52.6 Å². The standard InChI is InChI=1S/C17H19IO4/c1-11-6-8-12(9-7-11)14(18)13-5-4-10-17(13,15(19)21-2)16(20)22-3/h6-9H,4-5,10H2,1-3H3/b14-13+. The van der Waals surface area contributed by atoms with Gasteiger partial charge in [0.15, 0.2) is 5.41 Å². The maximum Gasteiger partial charge on any atom is 0.327 e. The van der Waals surface area contributed by atoms with E-state index < -0.39 is 17.4 Å². The Bertz CT molecular complexity index is 600. The first-order chi connectivity index (χ1) is 10.5. The third-order valence-electron chi connectivity index (χ3n) is 4.13. The zero-order chi connectivity index (χ0) is 16.3. The van der Waals surface area contributed by atoms with Crippen molar-refractivity contribution in [2.75, 3.05) is 14.2 Å². The summed E-state index contributed by atoms with van der Waals surface area (Å²) in [6.45, 7) is 2.02. The summed E-state index contributed by atoms with van der Waals surface area (Å²) in [5.41, 5.74) is 1.66. The van der Waals surface area contributed by atoms with Crippen LogP contribution in [-0.2, 0) is 19.1 Å². The summed E-state index contributed by atoms with van der Waals surface area (Å²) in [5.74, 6) is -1.07. The Balaban J connectivity index is 2.59. The van der Waals surface area contributed by atoms with Crippen molar-refractivity contribution >= 4 is 38.1 Å². The average molecular weight is 414 g/mol. The van der Waals surface area contributed by atoms with Crippen molar-refractivity contribution in [3.63, 3.8) is 0 Å². The lowest BCUT2D eigenvalue weighted by atomic mass is 9.81. The second-order valence-electron chi connectivity index (χ2n) is 5.40. The van der Waals surface area contributed by atoms with Gasteiger partial charge < -0.3 is 9.47 Å². The van der Waals surface area contributed by atoms with Crippen LogP contribution in [0.3, 0.4) is 0 Å². The molecule has 0 heterocycles. The Kier molecular flexibility index (Phi) is 5.26. The summed E-state index contributed by atoms with van der Waals surface area (Å²) in [5, 5.41) is 0. The zero-order valence-electron chi connectivity index (χ0n) is 12.9. The molecule has 0 atom stereocenters. The molecule has 1 aromatic rings. The molecule has 0 spiro atoms. The van der Waals surface area contributed by atoms with Gasteiger partial charge >= 0.3 is 11.9 Å². The molecule has 0 N–H and O–H groups in total. The number of ether oxygens (including phenoxy) is 2. The van der Waals surface area contributed by atoms with Crippen LogP contribution < -0.4 is 0 Å². The van der Waals surface area contributed by atoms with E-state index >= 15 is 0 Å². The molecule has 5 heteroatoms. The van der Waals surface area contributed by atoms with Gasteiger partial charge in [0.1, 0.15) is 0 Å². The number of aryl methyl sites for hydroxylation is 1. The summed E-state index contributed by atoms with van der Waals surface area (Å²) >= 11 is 2.21. The van der Waals surface area contributed by atoms with Gasteiger partial charge in [-0.25, -0.2) is 0 Å². The Morgan fingerprint density at radius 3 is 2.14 bits per heavy atom. The minimum atomic E-state index is -1.30. The number of rotatable bonds is 3. The van der Waals surface area contributed by atoms with Crippen LogP contribution in [0.4, 0.5) is 0 Å². The van der Waals surface area contributed by atoms with E-state index in [0.29, 0.717) is 12.8 Å². The number of halogens is 1. The van der Waals surface area contributed by atoms with Crippen molar-refractivity contribution in [2.45, 2.75) is 26.2 Å². The van der Waals surface area contributed by atoms with E-state index in [2.05, 4.69) is 22.6 Å². The highest BCUT2D eigenvalue weighted by Gasteiger charge is 2.54. The van der Waals surface area contributed by atoms with Crippen LogP contribution in [0.1, 0.15) is 30.4 Å². The Labute approximate surface area is 144 Å². The first-order valence-electron chi connectivity index (χ1n) is 7.10. The van der Waals surface area contributed by atoms with Crippen LogP contribution in [0.2, 0.25) is 0 Å². The van der Waals surface area contributed by atoms with Crippen LogP contribution in [0, 0.1) is 12.3 Å². The Hall–Kier alpha value is -1.37. The summed E-state index contributed by atoms with van der Waals surface area (Å²) in [7, 11) is 2.61. The molecule has 1 aliphatic carbocycles. The highest BCUT2D eigenvalue weighted by Crippen LogP contribution is 2.49. The van der Waals surface area contributed by atoms with Crippen LogP contribution in [0.5, 0.6) is 0 Å². The lowest BCUT2D eigenvalue weighted by Crippen LogP contribution is -2.40. The van der Waals surface area contributed by atoms with Gasteiger partial charge in [-0.05, 0) is 59.9 Å². The Morgan fingerprint density at radius 1 is 1.09 bits per heavy atom. The molecule has 1 aromatic carbocycles. The van der Waals surface area contributed by atoms with Crippen LogP contribution in [-0.4, -0.2) is 26.2 Å². The molecule has 0 aliphatic heterocycles. The smallest absolute Gasteiger partial charge is 0.327 e. The molecular weight excluding hydrogens is 395 g/mol. The van der Waals surface area contributed by atoms with Crippen LogP contribution in [0.15, 0.2) is 29.8 Å². The van der Waals surface area contributed by atoms with E-state index in [4.69, 9.17) is 9.47 Å². The zero-order valence-corrected chi connectivity index (χ0v) is 15.1. The van der Waals surface area contributed by atoms with Gasteiger partial charge in [-0.2, -0.15) is 0 Å².